The molecule has 0 aliphatic carbocycles. The molecular formula is C13H27NO. The largest absolute Gasteiger partial charge is 0.319 e. The second-order valence-electron chi connectivity index (χ2n) is 4.45. The summed E-state index contributed by atoms with van der Waals surface area (Å²) < 4.78 is 0. The standard InChI is InChI=1S/C13H27NO/c1-4-7-8-9-10-11-12(15)13(14,5-2)6-3/h4-11,14H2,1-3H3. The predicted molar refractivity (Wildman–Crippen MR) is 65.9 cm³/mol. The Balaban J connectivity index is 3.73. The van der Waals surface area contributed by atoms with Crippen molar-refractivity contribution in [3.05, 3.63) is 0 Å². The molecule has 0 amide bonds. The van der Waals surface area contributed by atoms with Gasteiger partial charge in [0.2, 0.25) is 0 Å². The van der Waals surface area contributed by atoms with Crippen LogP contribution in [0.25, 0.3) is 0 Å². The van der Waals surface area contributed by atoms with Crippen molar-refractivity contribution in [1.82, 2.24) is 0 Å². The lowest BCUT2D eigenvalue weighted by Crippen LogP contribution is -2.46. The summed E-state index contributed by atoms with van der Waals surface area (Å²) in [5, 5.41) is 0. The summed E-state index contributed by atoms with van der Waals surface area (Å²) in [5.74, 6) is 0.254. The van der Waals surface area contributed by atoms with Gasteiger partial charge in [0.05, 0.1) is 5.54 Å². The Bertz CT molecular complexity index is 173. The highest BCUT2D eigenvalue weighted by Crippen LogP contribution is 2.17. The minimum Gasteiger partial charge on any atom is -0.319 e. The third-order valence-corrected chi connectivity index (χ3v) is 3.32. The maximum Gasteiger partial charge on any atom is 0.152 e. The van der Waals surface area contributed by atoms with Gasteiger partial charge in [0.15, 0.2) is 5.78 Å². The van der Waals surface area contributed by atoms with Crippen LogP contribution in [0.1, 0.15) is 72.1 Å². The van der Waals surface area contributed by atoms with E-state index in [0.717, 1.165) is 19.3 Å². The van der Waals surface area contributed by atoms with Crippen molar-refractivity contribution in [2.75, 3.05) is 0 Å². The van der Waals surface area contributed by atoms with E-state index in [9.17, 15) is 4.79 Å². The first-order valence-electron chi connectivity index (χ1n) is 6.42. The minimum absolute atomic E-state index is 0.254. The number of hydrogen-bond donors (Lipinski definition) is 1. The van der Waals surface area contributed by atoms with Crippen molar-refractivity contribution in [3.8, 4) is 0 Å². The topological polar surface area (TPSA) is 43.1 Å². The van der Waals surface area contributed by atoms with Crippen LogP contribution in [0.3, 0.4) is 0 Å². The van der Waals surface area contributed by atoms with E-state index < -0.39 is 5.54 Å². The Kier molecular flexibility index (Phi) is 7.67. The van der Waals surface area contributed by atoms with Crippen LogP contribution >= 0.6 is 0 Å². The fourth-order valence-corrected chi connectivity index (χ4v) is 1.78. The molecule has 0 rings (SSSR count). The van der Waals surface area contributed by atoms with Gasteiger partial charge in [0.1, 0.15) is 0 Å². The van der Waals surface area contributed by atoms with Gasteiger partial charge in [-0.05, 0) is 19.3 Å². The zero-order valence-corrected chi connectivity index (χ0v) is 10.6. The summed E-state index contributed by atoms with van der Waals surface area (Å²) in [4.78, 5) is 11.8. The molecule has 0 unspecified atom stereocenters. The molecule has 0 bridgehead atoms. The van der Waals surface area contributed by atoms with E-state index in [1.807, 2.05) is 13.8 Å². The van der Waals surface area contributed by atoms with E-state index in [4.69, 9.17) is 5.73 Å². The Hall–Kier alpha value is -0.370. The summed E-state index contributed by atoms with van der Waals surface area (Å²) in [6.45, 7) is 6.20. The molecule has 0 aromatic rings. The first-order valence-corrected chi connectivity index (χ1v) is 6.42. The average Bonchev–Trinajstić information content (AvgIpc) is 2.27. The smallest absolute Gasteiger partial charge is 0.152 e. The Morgan fingerprint density at radius 1 is 1.00 bits per heavy atom. The first-order chi connectivity index (χ1) is 7.10. The van der Waals surface area contributed by atoms with Gasteiger partial charge < -0.3 is 5.73 Å². The third-order valence-electron chi connectivity index (χ3n) is 3.32. The van der Waals surface area contributed by atoms with Crippen molar-refractivity contribution in [2.45, 2.75) is 77.7 Å². The molecule has 0 aromatic carbocycles. The maximum absolute atomic E-state index is 11.8. The van der Waals surface area contributed by atoms with Crippen LogP contribution in [0.2, 0.25) is 0 Å². The monoisotopic (exact) mass is 213 g/mol. The Morgan fingerprint density at radius 2 is 1.53 bits per heavy atom. The molecule has 0 aromatic heterocycles. The van der Waals surface area contributed by atoms with Crippen LogP contribution in [-0.4, -0.2) is 11.3 Å². The van der Waals surface area contributed by atoms with Crippen LogP contribution in [0.15, 0.2) is 0 Å². The number of carbonyl (C=O) groups is 1. The number of rotatable bonds is 9. The number of ketones is 1. The van der Waals surface area contributed by atoms with Crippen molar-refractivity contribution < 1.29 is 4.79 Å². The molecule has 0 saturated heterocycles. The SMILES string of the molecule is CCCCCCCC(=O)C(N)(CC)CC. The van der Waals surface area contributed by atoms with Crippen LogP contribution in [0, 0.1) is 0 Å². The summed E-state index contributed by atoms with van der Waals surface area (Å²) >= 11 is 0. The molecule has 2 heteroatoms. The number of hydrogen-bond acceptors (Lipinski definition) is 2. The van der Waals surface area contributed by atoms with Crippen molar-refractivity contribution in [1.29, 1.82) is 0 Å². The lowest BCUT2D eigenvalue weighted by atomic mass is 9.86. The molecule has 2 N–H and O–H groups in total. The zero-order chi connectivity index (χ0) is 11.7. The third kappa shape index (κ3) is 5.31. The van der Waals surface area contributed by atoms with Crippen molar-refractivity contribution in [3.63, 3.8) is 0 Å². The molecule has 0 fully saturated rings. The van der Waals surface area contributed by atoms with E-state index in [1.165, 1.54) is 25.7 Å². The van der Waals surface area contributed by atoms with Gasteiger partial charge in [-0.3, -0.25) is 4.79 Å². The van der Waals surface area contributed by atoms with Crippen LogP contribution < -0.4 is 5.73 Å². The highest BCUT2D eigenvalue weighted by molar-refractivity contribution is 5.87. The van der Waals surface area contributed by atoms with Crippen molar-refractivity contribution in [2.24, 2.45) is 5.73 Å². The number of Topliss-reactive ketones (excluding diaryl/α,β-unsaturated/α-hetero) is 1. The predicted octanol–water partition coefficient (Wildman–Crippen LogP) is 3.43. The van der Waals surface area contributed by atoms with Crippen LogP contribution in [0.5, 0.6) is 0 Å². The van der Waals surface area contributed by atoms with E-state index in [1.54, 1.807) is 0 Å². The average molecular weight is 213 g/mol. The molecule has 90 valence electrons. The van der Waals surface area contributed by atoms with Gasteiger partial charge in [0.25, 0.3) is 0 Å². The van der Waals surface area contributed by atoms with E-state index in [2.05, 4.69) is 6.92 Å². The van der Waals surface area contributed by atoms with Gasteiger partial charge in [0, 0.05) is 6.42 Å². The van der Waals surface area contributed by atoms with Gasteiger partial charge in [-0.2, -0.15) is 0 Å². The van der Waals surface area contributed by atoms with Gasteiger partial charge in [-0.1, -0.05) is 46.5 Å². The molecular weight excluding hydrogens is 186 g/mol. The molecule has 0 aliphatic heterocycles. The zero-order valence-electron chi connectivity index (χ0n) is 10.6. The van der Waals surface area contributed by atoms with Gasteiger partial charge in [-0.15, -0.1) is 0 Å². The van der Waals surface area contributed by atoms with Crippen LogP contribution in [0.4, 0.5) is 0 Å². The number of unbranched alkanes of at least 4 members (excludes halogenated alkanes) is 4. The second-order valence-corrected chi connectivity index (χ2v) is 4.45. The normalized spacial score (nSPS) is 11.7. The molecule has 0 spiro atoms. The van der Waals surface area contributed by atoms with E-state index in [0.29, 0.717) is 6.42 Å². The van der Waals surface area contributed by atoms with Crippen LogP contribution in [-0.2, 0) is 4.79 Å². The summed E-state index contributed by atoms with van der Waals surface area (Å²) in [6.07, 6.45) is 8.15. The van der Waals surface area contributed by atoms with Gasteiger partial charge >= 0.3 is 0 Å². The Morgan fingerprint density at radius 3 is 2.00 bits per heavy atom. The maximum atomic E-state index is 11.8. The lowest BCUT2D eigenvalue weighted by Gasteiger charge is -2.24. The highest BCUT2D eigenvalue weighted by Gasteiger charge is 2.28. The fraction of sp³-hybridized carbons (Fsp3) is 0.923. The minimum atomic E-state index is -0.551. The Labute approximate surface area is 94.6 Å². The van der Waals surface area contributed by atoms with E-state index in [-0.39, 0.29) is 5.78 Å². The summed E-state index contributed by atoms with van der Waals surface area (Å²) in [6, 6.07) is 0. The second kappa shape index (κ2) is 7.86. The van der Waals surface area contributed by atoms with Crippen molar-refractivity contribution >= 4 is 5.78 Å². The van der Waals surface area contributed by atoms with Gasteiger partial charge in [-0.25, -0.2) is 0 Å². The molecule has 2 nitrogen and oxygen atoms in total. The summed E-state index contributed by atoms with van der Waals surface area (Å²) in [5.41, 5.74) is 5.48. The molecule has 0 radical (unpaired) electrons. The molecule has 0 aliphatic rings. The lowest BCUT2D eigenvalue weighted by molar-refractivity contribution is -0.124. The number of nitrogens with two attached hydrogens (primary N) is 1. The first kappa shape index (κ1) is 14.6. The quantitative estimate of drug-likeness (QED) is 0.596. The summed E-state index contributed by atoms with van der Waals surface area (Å²) in [7, 11) is 0. The molecule has 0 saturated carbocycles. The molecule has 0 atom stereocenters. The highest BCUT2D eigenvalue weighted by atomic mass is 16.1. The molecule has 0 heterocycles. The fourth-order valence-electron chi connectivity index (χ4n) is 1.78. The van der Waals surface area contributed by atoms with E-state index >= 15 is 0 Å². The number of carbonyl (C=O) groups excluding carboxylic acids is 1. The molecule has 15 heavy (non-hydrogen) atoms.